The number of hydrogen-bond acceptors (Lipinski definition) is 4. The van der Waals surface area contributed by atoms with E-state index in [1.54, 1.807) is 0 Å². The first-order valence-electron chi connectivity index (χ1n) is 14.2. The van der Waals surface area contributed by atoms with Gasteiger partial charge in [0, 0.05) is 13.0 Å². The molecule has 1 unspecified atom stereocenters. The summed E-state index contributed by atoms with van der Waals surface area (Å²) in [5.74, 6) is -1.06. The highest BCUT2D eigenvalue weighted by molar-refractivity contribution is 5.85. The molecule has 3 N–H and O–H groups in total. The second-order valence-corrected chi connectivity index (χ2v) is 11.9. The lowest BCUT2D eigenvalue weighted by Crippen LogP contribution is -2.52. The number of rotatable bonds is 12. The van der Waals surface area contributed by atoms with Gasteiger partial charge in [-0.15, -0.1) is 0 Å². The summed E-state index contributed by atoms with van der Waals surface area (Å²) >= 11 is 0. The van der Waals surface area contributed by atoms with E-state index >= 15 is 0 Å². The predicted octanol–water partition coefficient (Wildman–Crippen LogP) is 6.00. The lowest BCUT2D eigenvalue weighted by atomic mass is 9.81. The van der Waals surface area contributed by atoms with Gasteiger partial charge in [0.25, 0.3) is 0 Å². The molecule has 6 heteroatoms. The van der Waals surface area contributed by atoms with Crippen molar-refractivity contribution in [3.05, 3.63) is 60.2 Å². The van der Waals surface area contributed by atoms with Gasteiger partial charge in [-0.2, -0.15) is 0 Å². The lowest BCUT2D eigenvalue weighted by molar-refractivity contribution is -0.173. The Bertz CT molecular complexity index is 1010. The molecular weight excluding hydrogens is 476 g/mol. The third-order valence-electron chi connectivity index (χ3n) is 7.89. The number of benzene rings is 2. The Morgan fingerprint density at radius 2 is 1.61 bits per heavy atom. The van der Waals surface area contributed by atoms with E-state index in [1.165, 1.54) is 5.56 Å². The van der Waals surface area contributed by atoms with Gasteiger partial charge < -0.3 is 10.4 Å². The van der Waals surface area contributed by atoms with Gasteiger partial charge in [0.2, 0.25) is 11.8 Å². The molecule has 0 radical (unpaired) electrons. The fourth-order valence-corrected chi connectivity index (χ4v) is 5.60. The number of aliphatic hydroxyl groups excluding tert-OH is 1. The van der Waals surface area contributed by atoms with E-state index in [2.05, 4.69) is 41.7 Å². The zero-order valence-corrected chi connectivity index (χ0v) is 23.5. The molecule has 0 heterocycles. The third kappa shape index (κ3) is 8.40. The fraction of sp³-hybridized carbons (Fsp3) is 0.562. The van der Waals surface area contributed by atoms with Crippen LogP contribution in [-0.4, -0.2) is 45.9 Å². The van der Waals surface area contributed by atoms with Gasteiger partial charge in [-0.05, 0) is 60.1 Å². The number of nitrogens with zero attached hydrogens (tertiary/aromatic N) is 1. The van der Waals surface area contributed by atoms with E-state index in [9.17, 15) is 19.9 Å². The van der Waals surface area contributed by atoms with Crippen LogP contribution in [0.5, 0.6) is 0 Å². The van der Waals surface area contributed by atoms with Crippen molar-refractivity contribution in [3.63, 3.8) is 0 Å². The predicted molar refractivity (Wildman–Crippen MR) is 151 cm³/mol. The summed E-state index contributed by atoms with van der Waals surface area (Å²) in [5, 5.41) is 25.0. The standard InChI is InChI=1S/C32H46N2O4/c1-5-28(35)30(32(2,3)4)33-29(36)22-27(26-15-9-10-16-26)31(37)34(38)21-11-12-23-17-19-25(20-18-23)24-13-7-6-8-14-24/h6-8,13-14,17-20,26-28,30,35,38H,5,9-12,15-16,21-22H2,1-4H3,(H,33,36)/t27-,28+,30?/m0/s1. The number of hydrogen-bond donors (Lipinski definition) is 3. The summed E-state index contributed by atoms with van der Waals surface area (Å²) in [5.41, 5.74) is 3.16. The van der Waals surface area contributed by atoms with Crippen LogP contribution < -0.4 is 5.32 Å². The molecule has 0 aliphatic heterocycles. The highest BCUT2D eigenvalue weighted by atomic mass is 16.5. The number of carbonyl (C=O) groups excluding carboxylic acids is 2. The molecule has 3 atom stereocenters. The van der Waals surface area contributed by atoms with Gasteiger partial charge >= 0.3 is 0 Å². The van der Waals surface area contributed by atoms with E-state index < -0.39 is 18.1 Å². The molecule has 208 valence electrons. The molecule has 1 fully saturated rings. The molecule has 2 aromatic carbocycles. The van der Waals surface area contributed by atoms with Gasteiger partial charge in [-0.3, -0.25) is 14.8 Å². The smallest absolute Gasteiger partial charge is 0.249 e. The van der Waals surface area contributed by atoms with Gasteiger partial charge in [-0.1, -0.05) is 95.1 Å². The van der Waals surface area contributed by atoms with Crippen LogP contribution in [0.1, 0.15) is 78.2 Å². The van der Waals surface area contributed by atoms with Gasteiger partial charge in [0.05, 0.1) is 18.1 Å². The number of aryl methyl sites for hydroxylation is 1. The molecule has 1 aliphatic rings. The van der Waals surface area contributed by atoms with Crippen molar-refractivity contribution in [1.29, 1.82) is 0 Å². The van der Waals surface area contributed by atoms with Crippen molar-refractivity contribution >= 4 is 11.8 Å². The Balaban J connectivity index is 1.57. The van der Waals surface area contributed by atoms with E-state index in [1.807, 2.05) is 45.9 Å². The van der Waals surface area contributed by atoms with E-state index in [4.69, 9.17) is 0 Å². The molecule has 0 aromatic heterocycles. The summed E-state index contributed by atoms with van der Waals surface area (Å²) in [6, 6.07) is 18.2. The number of aliphatic hydroxyl groups is 1. The van der Waals surface area contributed by atoms with Crippen LogP contribution in [0.4, 0.5) is 0 Å². The topological polar surface area (TPSA) is 89.9 Å². The summed E-state index contributed by atoms with van der Waals surface area (Å²) in [7, 11) is 0. The van der Waals surface area contributed by atoms with Crippen molar-refractivity contribution in [2.75, 3.05) is 6.54 Å². The second-order valence-electron chi connectivity index (χ2n) is 11.9. The Hall–Kier alpha value is -2.70. The SMILES string of the molecule is CC[C@@H](O)C(NC(=O)C[C@H](C(=O)N(O)CCCc1ccc(-c2ccccc2)cc1)C1CCCC1)C(C)(C)C. The summed E-state index contributed by atoms with van der Waals surface area (Å²) < 4.78 is 0. The van der Waals surface area contributed by atoms with Crippen LogP contribution in [0, 0.1) is 17.3 Å². The maximum absolute atomic E-state index is 13.3. The first-order valence-corrected chi connectivity index (χ1v) is 14.2. The Morgan fingerprint density at radius 1 is 1.00 bits per heavy atom. The highest BCUT2D eigenvalue weighted by Crippen LogP contribution is 2.34. The molecule has 2 amide bonds. The Morgan fingerprint density at radius 3 is 2.18 bits per heavy atom. The molecule has 0 spiro atoms. The number of nitrogens with one attached hydrogen (secondary N) is 1. The second kappa shape index (κ2) is 13.9. The van der Waals surface area contributed by atoms with E-state index in [-0.39, 0.29) is 36.1 Å². The summed E-state index contributed by atoms with van der Waals surface area (Å²) in [6.07, 6.45) is 5.16. The zero-order chi connectivity index (χ0) is 27.7. The summed E-state index contributed by atoms with van der Waals surface area (Å²) in [6.45, 7) is 8.08. The first-order chi connectivity index (χ1) is 18.1. The molecule has 0 saturated heterocycles. The fourth-order valence-electron chi connectivity index (χ4n) is 5.60. The van der Waals surface area contributed by atoms with E-state index in [0.717, 1.165) is 48.3 Å². The van der Waals surface area contributed by atoms with Gasteiger partial charge in [0.1, 0.15) is 0 Å². The maximum Gasteiger partial charge on any atom is 0.249 e. The minimum absolute atomic E-state index is 0.0323. The monoisotopic (exact) mass is 522 g/mol. The van der Waals surface area contributed by atoms with Crippen LogP contribution in [0.2, 0.25) is 0 Å². The van der Waals surface area contributed by atoms with Crippen LogP contribution in [0.3, 0.4) is 0 Å². The number of carbonyl (C=O) groups is 2. The Kier molecular flexibility index (Phi) is 10.9. The third-order valence-corrected chi connectivity index (χ3v) is 7.89. The molecule has 1 saturated carbocycles. The quantitative estimate of drug-likeness (QED) is 0.235. The highest BCUT2D eigenvalue weighted by Gasteiger charge is 2.37. The molecular formula is C32H46N2O4. The van der Waals surface area contributed by atoms with Crippen molar-refractivity contribution in [2.45, 2.75) is 91.2 Å². The van der Waals surface area contributed by atoms with Crippen molar-refractivity contribution in [2.24, 2.45) is 17.3 Å². The van der Waals surface area contributed by atoms with Crippen LogP contribution in [0.15, 0.2) is 54.6 Å². The maximum atomic E-state index is 13.3. The minimum Gasteiger partial charge on any atom is -0.391 e. The Labute approximate surface area is 228 Å². The van der Waals surface area contributed by atoms with Crippen molar-refractivity contribution in [3.8, 4) is 11.1 Å². The van der Waals surface area contributed by atoms with Crippen molar-refractivity contribution < 1.29 is 19.9 Å². The number of amides is 2. The average Bonchev–Trinajstić information content (AvgIpc) is 3.44. The van der Waals surface area contributed by atoms with Crippen LogP contribution in [0.25, 0.3) is 11.1 Å². The largest absolute Gasteiger partial charge is 0.391 e. The first kappa shape index (κ1) is 29.9. The minimum atomic E-state index is -0.657. The summed E-state index contributed by atoms with van der Waals surface area (Å²) in [4.78, 5) is 26.4. The van der Waals surface area contributed by atoms with Gasteiger partial charge in [0.15, 0.2) is 0 Å². The van der Waals surface area contributed by atoms with Gasteiger partial charge in [-0.25, -0.2) is 5.06 Å². The van der Waals surface area contributed by atoms with E-state index in [0.29, 0.717) is 12.8 Å². The van der Waals surface area contributed by atoms with Crippen molar-refractivity contribution in [1.82, 2.24) is 10.4 Å². The normalized spacial score (nSPS) is 16.6. The number of hydroxylamine groups is 2. The lowest BCUT2D eigenvalue weighted by Gasteiger charge is -2.35. The molecule has 6 nitrogen and oxygen atoms in total. The molecule has 1 aliphatic carbocycles. The average molecular weight is 523 g/mol. The van der Waals surface area contributed by atoms with Crippen LogP contribution in [-0.2, 0) is 16.0 Å². The zero-order valence-electron chi connectivity index (χ0n) is 23.5. The van der Waals surface area contributed by atoms with Crippen LogP contribution >= 0.6 is 0 Å². The molecule has 3 rings (SSSR count). The molecule has 2 aromatic rings. The molecule has 38 heavy (non-hydrogen) atoms. The molecule has 0 bridgehead atoms.